The van der Waals surface area contributed by atoms with E-state index in [-0.39, 0.29) is 11.1 Å². The first-order chi connectivity index (χ1) is 7.81. The van der Waals surface area contributed by atoms with Crippen molar-refractivity contribution in [3.05, 3.63) is 23.8 Å². The predicted molar refractivity (Wildman–Crippen MR) is 62.4 cm³/mol. The highest BCUT2D eigenvalue weighted by Gasteiger charge is 2.16. The number of likely N-dealkylation sites (N-methyl/N-ethyl adjacent to an activating group) is 1. The van der Waals surface area contributed by atoms with E-state index in [1.54, 1.807) is 0 Å². The average Bonchev–Trinajstić information content (AvgIpc) is 2.26. The van der Waals surface area contributed by atoms with Crippen LogP contribution in [0.5, 0.6) is 0 Å². The summed E-state index contributed by atoms with van der Waals surface area (Å²) in [5.74, 6) is -1.91. The lowest BCUT2D eigenvalue weighted by Crippen LogP contribution is -2.41. The molecule has 0 heterocycles. The van der Waals surface area contributed by atoms with E-state index in [1.807, 2.05) is 0 Å². The van der Waals surface area contributed by atoms with Crippen LogP contribution in [0.3, 0.4) is 0 Å². The second kappa shape index (κ2) is 6.47. The molecular weight excluding hydrogens is 224 g/mol. The number of nitrogens with one attached hydrogen (secondary N) is 1. The third-order valence-electron chi connectivity index (χ3n) is 2.19. The van der Waals surface area contributed by atoms with E-state index >= 15 is 0 Å². The van der Waals surface area contributed by atoms with Gasteiger partial charge in [0.25, 0.3) is 5.91 Å². The maximum atomic E-state index is 11.5. The molecule has 0 atom stereocenters. The van der Waals surface area contributed by atoms with Crippen molar-refractivity contribution >= 4 is 17.9 Å². The number of hydrogen-bond donors (Lipinski definition) is 2. The lowest BCUT2D eigenvalue weighted by Gasteiger charge is -2.15. The quantitative estimate of drug-likeness (QED) is 0.561. The Bertz CT molecular complexity index is 385. The minimum absolute atomic E-state index is 0.00199. The van der Waals surface area contributed by atoms with Crippen molar-refractivity contribution in [1.29, 1.82) is 0 Å². The summed E-state index contributed by atoms with van der Waals surface area (Å²) in [4.78, 5) is 34.8. The number of nitrogens with zero attached hydrogens (tertiary/aromatic N) is 1. The Kier molecular flexibility index (Phi) is 5.66. The summed E-state index contributed by atoms with van der Waals surface area (Å²) >= 11 is 0. The number of urea groups is 1. The summed E-state index contributed by atoms with van der Waals surface area (Å²) in [5.41, 5.74) is -0.0977. The van der Waals surface area contributed by atoms with Crippen LogP contribution in [0.25, 0.3) is 0 Å². The molecule has 94 valence electrons. The number of rotatable bonds is 4. The monoisotopic (exact) mass is 240 g/mol. The molecule has 0 fully saturated rings. The Hall–Kier alpha value is -2.11. The van der Waals surface area contributed by atoms with Gasteiger partial charge in [-0.3, -0.25) is 10.1 Å². The fraction of sp³-hybridized carbons (Fsp3) is 0.364. The fourth-order valence-corrected chi connectivity index (χ4v) is 0.894. The summed E-state index contributed by atoms with van der Waals surface area (Å²) < 4.78 is 0. The van der Waals surface area contributed by atoms with Crippen molar-refractivity contribution in [3.8, 4) is 0 Å². The van der Waals surface area contributed by atoms with Crippen LogP contribution in [-0.4, -0.2) is 41.5 Å². The molecule has 0 aromatic rings. The minimum Gasteiger partial charge on any atom is -0.478 e. The van der Waals surface area contributed by atoms with Gasteiger partial charge in [-0.05, 0) is 13.8 Å². The van der Waals surface area contributed by atoms with Gasteiger partial charge in [0, 0.05) is 24.7 Å². The fourth-order valence-electron chi connectivity index (χ4n) is 0.894. The van der Waals surface area contributed by atoms with Crippen LogP contribution in [-0.2, 0) is 9.59 Å². The average molecular weight is 240 g/mol. The van der Waals surface area contributed by atoms with Crippen LogP contribution >= 0.6 is 0 Å². The number of amides is 3. The second-order valence-corrected chi connectivity index (χ2v) is 3.48. The molecule has 3 amide bonds. The zero-order chi connectivity index (χ0) is 13.6. The van der Waals surface area contributed by atoms with Crippen molar-refractivity contribution in [1.82, 2.24) is 10.2 Å². The Morgan fingerprint density at radius 1 is 1.29 bits per heavy atom. The van der Waals surface area contributed by atoms with Crippen LogP contribution in [0.1, 0.15) is 13.8 Å². The first kappa shape index (κ1) is 14.9. The van der Waals surface area contributed by atoms with Crippen LogP contribution in [0.4, 0.5) is 4.79 Å². The summed E-state index contributed by atoms with van der Waals surface area (Å²) in [7, 11) is 1.49. The number of carboxylic acids is 1. The van der Waals surface area contributed by atoms with Crippen molar-refractivity contribution in [2.45, 2.75) is 13.8 Å². The lowest BCUT2D eigenvalue weighted by molar-refractivity contribution is -0.133. The van der Waals surface area contributed by atoms with Gasteiger partial charge in [-0.15, -0.1) is 6.58 Å². The van der Waals surface area contributed by atoms with E-state index in [0.29, 0.717) is 6.54 Å². The van der Waals surface area contributed by atoms with E-state index in [4.69, 9.17) is 5.11 Å². The minimum atomic E-state index is -1.19. The number of carbonyl (C=O) groups excluding carboxylic acids is 2. The molecular formula is C11H16N2O4. The van der Waals surface area contributed by atoms with Gasteiger partial charge in [0.05, 0.1) is 0 Å². The van der Waals surface area contributed by atoms with Crippen molar-refractivity contribution in [2.24, 2.45) is 0 Å². The van der Waals surface area contributed by atoms with Gasteiger partial charge >= 0.3 is 12.0 Å². The number of aliphatic carboxylic acids is 1. The molecule has 0 aromatic heterocycles. The predicted octanol–water partition coefficient (Wildman–Crippen LogP) is 0.761. The van der Waals surface area contributed by atoms with Crippen LogP contribution in [0, 0.1) is 0 Å². The van der Waals surface area contributed by atoms with E-state index in [0.717, 1.165) is 0 Å². The summed E-state index contributed by atoms with van der Waals surface area (Å²) in [6.07, 6.45) is 1.51. The SMILES string of the molecule is C=CCN(C)C(=O)NC(=O)/C(C)=C(/C)C(=O)O. The van der Waals surface area contributed by atoms with Crippen molar-refractivity contribution in [2.75, 3.05) is 13.6 Å². The Labute approximate surface area is 99.6 Å². The molecule has 6 heteroatoms. The highest BCUT2D eigenvalue weighted by atomic mass is 16.4. The van der Waals surface area contributed by atoms with Crippen LogP contribution in [0.2, 0.25) is 0 Å². The molecule has 0 aliphatic rings. The first-order valence-corrected chi connectivity index (χ1v) is 4.89. The summed E-state index contributed by atoms with van der Waals surface area (Å²) in [6.45, 7) is 6.39. The maximum absolute atomic E-state index is 11.5. The van der Waals surface area contributed by atoms with Gasteiger partial charge in [-0.25, -0.2) is 9.59 Å². The van der Waals surface area contributed by atoms with Gasteiger partial charge in [0.15, 0.2) is 0 Å². The molecule has 0 unspecified atom stereocenters. The summed E-state index contributed by atoms with van der Waals surface area (Å²) in [5, 5.41) is 10.8. The van der Waals surface area contributed by atoms with E-state index in [1.165, 1.54) is 31.9 Å². The molecule has 2 N–H and O–H groups in total. The molecule has 6 nitrogen and oxygen atoms in total. The molecule has 0 radical (unpaired) electrons. The molecule has 0 aliphatic carbocycles. The van der Waals surface area contributed by atoms with Crippen LogP contribution < -0.4 is 5.32 Å². The molecule has 0 saturated carbocycles. The van der Waals surface area contributed by atoms with Gasteiger partial charge in [-0.2, -0.15) is 0 Å². The molecule has 0 aromatic carbocycles. The molecule has 0 rings (SSSR count). The van der Waals surface area contributed by atoms with Crippen molar-refractivity contribution < 1.29 is 19.5 Å². The third-order valence-corrected chi connectivity index (χ3v) is 2.19. The Morgan fingerprint density at radius 3 is 2.24 bits per heavy atom. The molecule has 0 spiro atoms. The zero-order valence-electron chi connectivity index (χ0n) is 10.1. The van der Waals surface area contributed by atoms with E-state index < -0.39 is 17.9 Å². The number of imide groups is 1. The maximum Gasteiger partial charge on any atom is 0.331 e. The third kappa shape index (κ3) is 4.50. The topological polar surface area (TPSA) is 86.7 Å². The highest BCUT2D eigenvalue weighted by Crippen LogP contribution is 2.03. The second-order valence-electron chi connectivity index (χ2n) is 3.48. The smallest absolute Gasteiger partial charge is 0.331 e. The number of hydrogen-bond acceptors (Lipinski definition) is 3. The van der Waals surface area contributed by atoms with Gasteiger partial charge in [-0.1, -0.05) is 6.08 Å². The largest absolute Gasteiger partial charge is 0.478 e. The van der Waals surface area contributed by atoms with E-state index in [2.05, 4.69) is 11.9 Å². The van der Waals surface area contributed by atoms with E-state index in [9.17, 15) is 14.4 Å². The highest BCUT2D eigenvalue weighted by molar-refractivity contribution is 6.07. The number of carboxylic acid groups (broad SMARTS) is 1. The molecule has 17 heavy (non-hydrogen) atoms. The Balaban J connectivity index is 4.66. The normalized spacial score (nSPS) is 11.2. The van der Waals surface area contributed by atoms with Gasteiger partial charge in [0.2, 0.25) is 0 Å². The van der Waals surface area contributed by atoms with Crippen molar-refractivity contribution in [3.63, 3.8) is 0 Å². The molecule has 0 saturated heterocycles. The van der Waals surface area contributed by atoms with Gasteiger partial charge in [0.1, 0.15) is 0 Å². The molecule has 0 bridgehead atoms. The zero-order valence-corrected chi connectivity index (χ0v) is 10.1. The first-order valence-electron chi connectivity index (χ1n) is 4.89. The number of carbonyl (C=O) groups is 3. The van der Waals surface area contributed by atoms with Gasteiger partial charge < -0.3 is 10.0 Å². The van der Waals surface area contributed by atoms with Crippen LogP contribution in [0.15, 0.2) is 23.8 Å². The standard InChI is InChI=1S/C11H16N2O4/c1-5-6-13(4)11(17)12-9(14)7(2)8(3)10(15)16/h5H,1,6H2,2-4H3,(H,15,16)(H,12,14,17)/b8-7-. The summed E-state index contributed by atoms with van der Waals surface area (Å²) in [6, 6.07) is -0.604. The molecule has 0 aliphatic heterocycles. The lowest BCUT2D eigenvalue weighted by atomic mass is 10.1. The Morgan fingerprint density at radius 2 is 1.82 bits per heavy atom.